The van der Waals surface area contributed by atoms with Crippen molar-refractivity contribution in [2.75, 3.05) is 5.32 Å². The van der Waals surface area contributed by atoms with Crippen LogP contribution < -0.4 is 16.6 Å². The molecular formula is C20H22FN3O4. The van der Waals surface area contributed by atoms with E-state index in [0.717, 1.165) is 4.57 Å². The van der Waals surface area contributed by atoms with Crippen LogP contribution in [0.3, 0.4) is 0 Å². The minimum atomic E-state index is -0.872. The highest BCUT2D eigenvalue weighted by molar-refractivity contribution is 5.94. The van der Waals surface area contributed by atoms with E-state index in [0.29, 0.717) is 11.3 Å². The van der Waals surface area contributed by atoms with Gasteiger partial charge in [0.15, 0.2) is 0 Å². The monoisotopic (exact) mass is 387 g/mol. The standard InChI is InChI=1S/C20H22FN3O4/c1-10(2)28-19(26)14-11(3)22-17-16(18(25)24(5)20(27)23(17)4)15(14)12-7-6-8-13(21)9-12/h6-10,15,22H,1-5H3. The van der Waals surface area contributed by atoms with Crippen molar-refractivity contribution in [3.05, 3.63) is 73.3 Å². The van der Waals surface area contributed by atoms with Crippen molar-refractivity contribution < 1.29 is 13.9 Å². The Morgan fingerprint density at radius 3 is 2.50 bits per heavy atom. The zero-order valence-corrected chi connectivity index (χ0v) is 16.4. The van der Waals surface area contributed by atoms with Crippen molar-refractivity contribution in [1.82, 2.24) is 9.13 Å². The molecule has 7 nitrogen and oxygen atoms in total. The summed E-state index contributed by atoms with van der Waals surface area (Å²) < 4.78 is 21.6. The molecule has 1 aliphatic heterocycles. The largest absolute Gasteiger partial charge is 0.460 e. The Kier molecular flexibility index (Phi) is 4.97. The van der Waals surface area contributed by atoms with E-state index in [1.54, 1.807) is 26.8 Å². The summed E-state index contributed by atoms with van der Waals surface area (Å²) in [7, 11) is 2.89. The third kappa shape index (κ3) is 3.15. The Bertz CT molecular complexity index is 1110. The number of benzene rings is 1. The van der Waals surface area contributed by atoms with Crippen LogP contribution in [0.5, 0.6) is 0 Å². The van der Waals surface area contributed by atoms with Gasteiger partial charge in [-0.1, -0.05) is 12.1 Å². The summed E-state index contributed by atoms with van der Waals surface area (Å²) in [6.07, 6.45) is -0.370. The second kappa shape index (κ2) is 7.10. The van der Waals surface area contributed by atoms with Crippen LogP contribution in [0.15, 0.2) is 45.1 Å². The number of halogens is 1. The number of allylic oxidation sites excluding steroid dienone is 1. The van der Waals surface area contributed by atoms with E-state index in [4.69, 9.17) is 4.74 Å². The molecule has 1 atom stereocenters. The molecule has 8 heteroatoms. The van der Waals surface area contributed by atoms with Gasteiger partial charge in [-0.25, -0.2) is 14.0 Å². The normalized spacial score (nSPS) is 16.0. The second-order valence-corrected chi connectivity index (χ2v) is 7.07. The lowest BCUT2D eigenvalue weighted by molar-refractivity contribution is -0.143. The number of ether oxygens (including phenoxy) is 1. The Hall–Kier alpha value is -3.16. The van der Waals surface area contributed by atoms with Crippen molar-refractivity contribution in [3.8, 4) is 0 Å². The molecule has 2 heterocycles. The van der Waals surface area contributed by atoms with E-state index in [1.807, 2.05) is 0 Å². The lowest BCUT2D eigenvalue weighted by atomic mass is 9.82. The van der Waals surface area contributed by atoms with Crippen molar-refractivity contribution in [1.29, 1.82) is 0 Å². The highest BCUT2D eigenvalue weighted by Gasteiger charge is 2.37. The lowest BCUT2D eigenvalue weighted by Gasteiger charge is -2.31. The predicted molar refractivity (Wildman–Crippen MR) is 103 cm³/mol. The summed E-state index contributed by atoms with van der Waals surface area (Å²) in [5.74, 6) is -1.69. The fourth-order valence-corrected chi connectivity index (χ4v) is 3.46. The summed E-state index contributed by atoms with van der Waals surface area (Å²) in [6.45, 7) is 5.10. The first-order chi connectivity index (χ1) is 13.1. The molecule has 0 aliphatic carbocycles. The summed E-state index contributed by atoms with van der Waals surface area (Å²) >= 11 is 0. The number of fused-ring (bicyclic) bond motifs is 1. The number of carbonyl (C=O) groups excluding carboxylic acids is 1. The average Bonchev–Trinajstić information content (AvgIpc) is 2.63. The molecule has 0 spiro atoms. The first-order valence-corrected chi connectivity index (χ1v) is 8.87. The van der Waals surface area contributed by atoms with Gasteiger partial charge in [-0.3, -0.25) is 13.9 Å². The topological polar surface area (TPSA) is 82.3 Å². The van der Waals surface area contributed by atoms with Gasteiger partial charge in [-0.15, -0.1) is 0 Å². The molecular weight excluding hydrogens is 365 g/mol. The van der Waals surface area contributed by atoms with Gasteiger partial charge in [0.1, 0.15) is 11.6 Å². The smallest absolute Gasteiger partial charge is 0.337 e. The number of aromatic nitrogens is 2. The molecule has 0 amide bonds. The molecule has 1 unspecified atom stereocenters. The maximum Gasteiger partial charge on any atom is 0.337 e. The third-order valence-corrected chi connectivity index (χ3v) is 4.73. The molecule has 0 radical (unpaired) electrons. The summed E-state index contributed by atoms with van der Waals surface area (Å²) in [5, 5.41) is 2.99. The number of nitrogens with one attached hydrogen (secondary N) is 1. The lowest BCUT2D eigenvalue weighted by Crippen LogP contribution is -2.43. The van der Waals surface area contributed by atoms with Gasteiger partial charge in [0.2, 0.25) is 0 Å². The van der Waals surface area contributed by atoms with Crippen LogP contribution >= 0.6 is 0 Å². The van der Waals surface area contributed by atoms with E-state index in [-0.39, 0.29) is 23.1 Å². The highest BCUT2D eigenvalue weighted by atomic mass is 19.1. The van der Waals surface area contributed by atoms with Crippen LogP contribution in [0.1, 0.15) is 37.8 Å². The SMILES string of the molecule is CC1=C(C(=O)OC(C)C)C(c2cccc(F)c2)c2c(n(C)c(=O)n(C)c2=O)N1. The molecule has 3 rings (SSSR count). The molecule has 0 saturated heterocycles. The van der Waals surface area contributed by atoms with Crippen molar-refractivity contribution in [2.24, 2.45) is 14.1 Å². The molecule has 1 aromatic carbocycles. The molecule has 148 valence electrons. The minimum absolute atomic E-state index is 0.191. The maximum atomic E-state index is 14.0. The quantitative estimate of drug-likeness (QED) is 0.815. The summed E-state index contributed by atoms with van der Waals surface area (Å²) in [6, 6.07) is 5.72. The number of carbonyl (C=O) groups is 1. The van der Waals surface area contributed by atoms with Crippen molar-refractivity contribution >= 4 is 11.8 Å². The van der Waals surface area contributed by atoms with Crippen LogP contribution in [0.25, 0.3) is 0 Å². The number of anilines is 1. The fraction of sp³-hybridized carbons (Fsp3) is 0.350. The molecule has 0 saturated carbocycles. The van der Waals surface area contributed by atoms with Crippen molar-refractivity contribution in [2.45, 2.75) is 32.8 Å². The number of esters is 1. The predicted octanol–water partition coefficient (Wildman–Crippen LogP) is 2.01. The van der Waals surface area contributed by atoms with Crippen LogP contribution in [0.2, 0.25) is 0 Å². The number of rotatable bonds is 3. The number of hydrogen-bond donors (Lipinski definition) is 1. The molecule has 0 bridgehead atoms. The Balaban J connectivity index is 2.37. The fourth-order valence-electron chi connectivity index (χ4n) is 3.46. The Morgan fingerprint density at radius 2 is 1.89 bits per heavy atom. The first kappa shape index (κ1) is 19.6. The van der Waals surface area contributed by atoms with Crippen LogP contribution in [-0.2, 0) is 23.6 Å². The van der Waals surface area contributed by atoms with Gasteiger partial charge in [-0.05, 0) is 38.5 Å². The van der Waals surface area contributed by atoms with E-state index in [9.17, 15) is 18.8 Å². The van der Waals surface area contributed by atoms with Gasteiger partial charge in [-0.2, -0.15) is 0 Å². The highest BCUT2D eigenvalue weighted by Crippen LogP contribution is 2.40. The molecule has 1 N–H and O–H groups in total. The van der Waals surface area contributed by atoms with Gasteiger partial charge in [0.25, 0.3) is 5.56 Å². The van der Waals surface area contributed by atoms with Crippen LogP contribution in [-0.4, -0.2) is 21.2 Å². The van der Waals surface area contributed by atoms with Crippen LogP contribution in [0.4, 0.5) is 10.2 Å². The van der Waals surface area contributed by atoms with E-state index < -0.39 is 29.0 Å². The molecule has 1 aromatic heterocycles. The maximum absolute atomic E-state index is 14.0. The summed E-state index contributed by atoms with van der Waals surface area (Å²) in [4.78, 5) is 38.2. The van der Waals surface area contributed by atoms with Crippen molar-refractivity contribution in [3.63, 3.8) is 0 Å². The van der Waals surface area contributed by atoms with E-state index >= 15 is 0 Å². The Labute approximate surface area is 161 Å². The number of hydrogen-bond acceptors (Lipinski definition) is 5. The molecule has 28 heavy (non-hydrogen) atoms. The average molecular weight is 387 g/mol. The van der Waals surface area contributed by atoms with Gasteiger partial charge >= 0.3 is 11.7 Å². The zero-order chi connectivity index (χ0) is 20.7. The molecule has 2 aromatic rings. The Morgan fingerprint density at radius 1 is 1.21 bits per heavy atom. The first-order valence-electron chi connectivity index (χ1n) is 8.87. The van der Waals surface area contributed by atoms with Gasteiger partial charge in [0.05, 0.1) is 23.2 Å². The molecule has 0 fully saturated rings. The summed E-state index contributed by atoms with van der Waals surface area (Å²) in [5.41, 5.74) is 0.209. The minimum Gasteiger partial charge on any atom is -0.460 e. The van der Waals surface area contributed by atoms with Crippen LogP contribution in [0, 0.1) is 5.82 Å². The second-order valence-electron chi connectivity index (χ2n) is 7.07. The zero-order valence-electron chi connectivity index (χ0n) is 16.4. The third-order valence-electron chi connectivity index (χ3n) is 4.73. The van der Waals surface area contributed by atoms with Gasteiger partial charge in [0, 0.05) is 19.8 Å². The van der Waals surface area contributed by atoms with E-state index in [1.165, 1.54) is 36.9 Å². The van der Waals surface area contributed by atoms with Gasteiger partial charge < -0.3 is 10.1 Å². The molecule has 1 aliphatic rings. The van der Waals surface area contributed by atoms with E-state index in [2.05, 4.69) is 5.32 Å². The number of nitrogens with zero attached hydrogens (tertiary/aromatic N) is 2.